The Kier molecular flexibility index (Phi) is 12.9. The topological polar surface area (TPSA) is 94.0 Å². The van der Waals surface area contributed by atoms with Crippen LogP contribution in [-0.2, 0) is 10.1 Å². The average Bonchev–Trinajstić information content (AvgIpc) is 2.26. The Balaban J connectivity index is 0. The molecule has 0 aromatic heterocycles. The molecule has 0 aromatic rings. The second-order valence-corrected chi connectivity index (χ2v) is 5.10. The molecule has 0 bridgehead atoms. The van der Waals surface area contributed by atoms with E-state index in [9.17, 15) is 13.0 Å². The van der Waals surface area contributed by atoms with Gasteiger partial charge in [-0.25, -0.2) is 8.42 Å². The van der Waals surface area contributed by atoms with E-state index in [0.29, 0.717) is 6.04 Å². The normalized spacial score (nSPS) is 10.6. The summed E-state index contributed by atoms with van der Waals surface area (Å²) in [6.07, 6.45) is 5.77. The highest BCUT2D eigenvalue weighted by molar-refractivity contribution is 7.85. The number of aliphatic hydroxyl groups is 1. The third-order valence-corrected chi connectivity index (χ3v) is 2.63. The second kappa shape index (κ2) is 11.8. The number of quaternary nitrogens is 1. The first kappa shape index (κ1) is 18.7. The van der Waals surface area contributed by atoms with Crippen LogP contribution in [-0.4, -0.2) is 43.0 Å². The molecule has 0 radical (unpaired) electrons. The highest BCUT2D eigenvalue weighted by Crippen LogP contribution is 1.93. The lowest BCUT2D eigenvalue weighted by molar-refractivity contribution is -0.689. The van der Waals surface area contributed by atoms with Gasteiger partial charge in [0.1, 0.15) is 0 Å². The van der Waals surface area contributed by atoms with Gasteiger partial charge in [-0.1, -0.05) is 19.1 Å². The summed E-state index contributed by atoms with van der Waals surface area (Å²) in [5, 5.41) is 10.7. The first-order valence-corrected chi connectivity index (χ1v) is 7.08. The predicted octanol–water partition coefficient (Wildman–Crippen LogP) is -0.386. The van der Waals surface area contributed by atoms with Crippen molar-refractivity contribution >= 4 is 10.1 Å². The van der Waals surface area contributed by atoms with Crippen molar-refractivity contribution in [2.75, 3.05) is 18.9 Å². The van der Waals surface area contributed by atoms with Crippen LogP contribution in [0, 0.1) is 0 Å². The SMILES string of the molecule is C=CCC(CC=C)[NH2+]CCO.CCS(=O)(=O)[O-]. The zero-order valence-corrected chi connectivity index (χ0v) is 11.2. The largest absolute Gasteiger partial charge is 0.748 e. The Labute approximate surface area is 104 Å². The van der Waals surface area contributed by atoms with E-state index in [1.54, 1.807) is 0 Å². The highest BCUT2D eigenvalue weighted by atomic mass is 32.2. The molecule has 0 heterocycles. The minimum Gasteiger partial charge on any atom is -0.748 e. The van der Waals surface area contributed by atoms with E-state index in [2.05, 4.69) is 18.5 Å². The van der Waals surface area contributed by atoms with E-state index in [-0.39, 0.29) is 12.4 Å². The Hall–Kier alpha value is -0.690. The maximum absolute atomic E-state index is 9.44. The van der Waals surface area contributed by atoms with Crippen LogP contribution in [0.3, 0.4) is 0 Å². The molecule has 0 unspecified atom stereocenters. The van der Waals surface area contributed by atoms with Crippen LogP contribution in [0.2, 0.25) is 0 Å². The number of aliphatic hydroxyl groups excluding tert-OH is 1. The van der Waals surface area contributed by atoms with Crippen LogP contribution in [0.25, 0.3) is 0 Å². The predicted molar refractivity (Wildman–Crippen MR) is 67.5 cm³/mol. The summed E-state index contributed by atoms with van der Waals surface area (Å²) in [5.74, 6) is -0.312. The summed E-state index contributed by atoms with van der Waals surface area (Å²) >= 11 is 0. The molecule has 0 fully saturated rings. The lowest BCUT2D eigenvalue weighted by Crippen LogP contribution is -2.90. The van der Waals surface area contributed by atoms with Crippen LogP contribution < -0.4 is 5.32 Å². The van der Waals surface area contributed by atoms with Crippen molar-refractivity contribution in [1.29, 1.82) is 0 Å². The molecule has 0 aromatic carbocycles. The molecule has 0 aliphatic carbocycles. The van der Waals surface area contributed by atoms with E-state index in [1.807, 2.05) is 12.2 Å². The van der Waals surface area contributed by atoms with Gasteiger partial charge in [-0.2, -0.15) is 0 Å². The van der Waals surface area contributed by atoms with Crippen LogP contribution in [0.15, 0.2) is 25.3 Å². The molecule has 0 aliphatic heterocycles. The van der Waals surface area contributed by atoms with Gasteiger partial charge in [0.25, 0.3) is 0 Å². The average molecular weight is 265 g/mol. The van der Waals surface area contributed by atoms with Gasteiger partial charge in [0, 0.05) is 18.6 Å². The van der Waals surface area contributed by atoms with E-state index in [0.717, 1.165) is 19.4 Å². The van der Waals surface area contributed by atoms with Gasteiger partial charge in [0.05, 0.1) is 29.3 Å². The fourth-order valence-corrected chi connectivity index (χ4v) is 1.03. The number of hydrogen-bond acceptors (Lipinski definition) is 4. The van der Waals surface area contributed by atoms with E-state index in [1.165, 1.54) is 6.92 Å². The molecule has 5 nitrogen and oxygen atoms in total. The second-order valence-electron chi connectivity index (χ2n) is 3.40. The minimum absolute atomic E-state index is 0.241. The fourth-order valence-electron chi connectivity index (χ4n) is 1.03. The molecule has 102 valence electrons. The maximum atomic E-state index is 9.44. The number of nitrogens with two attached hydrogens (primary N) is 1. The van der Waals surface area contributed by atoms with Crippen LogP contribution in [0.4, 0.5) is 0 Å². The van der Waals surface area contributed by atoms with Crippen molar-refractivity contribution in [2.24, 2.45) is 0 Å². The third-order valence-electron chi connectivity index (χ3n) is 1.92. The summed E-state index contributed by atoms with van der Waals surface area (Å²) in [5.41, 5.74) is 0. The van der Waals surface area contributed by atoms with Crippen molar-refractivity contribution in [1.82, 2.24) is 0 Å². The van der Waals surface area contributed by atoms with Crippen LogP contribution >= 0.6 is 0 Å². The molecule has 0 spiro atoms. The van der Waals surface area contributed by atoms with Crippen molar-refractivity contribution in [3.05, 3.63) is 25.3 Å². The molecule has 3 N–H and O–H groups in total. The number of hydrogen-bond donors (Lipinski definition) is 2. The molecule has 0 saturated carbocycles. The molecule has 0 rings (SSSR count). The summed E-state index contributed by atoms with van der Waals surface area (Å²) in [4.78, 5) is 0. The summed E-state index contributed by atoms with van der Waals surface area (Å²) < 4.78 is 28.3. The van der Waals surface area contributed by atoms with Gasteiger partial charge in [-0.05, 0) is 0 Å². The fraction of sp³-hybridized carbons (Fsp3) is 0.636. The smallest absolute Gasteiger partial charge is 0.0992 e. The first-order chi connectivity index (χ1) is 7.91. The molecule has 0 amide bonds. The zero-order chi connectivity index (χ0) is 13.7. The Morgan fingerprint density at radius 3 is 2.00 bits per heavy atom. The Bertz CT molecular complexity index is 278. The molecule has 6 heteroatoms. The van der Waals surface area contributed by atoms with Crippen molar-refractivity contribution in [3.8, 4) is 0 Å². The van der Waals surface area contributed by atoms with E-state index < -0.39 is 10.1 Å². The third kappa shape index (κ3) is 17.9. The molecular formula is C11H23NO4S. The number of rotatable bonds is 8. The monoisotopic (exact) mass is 265 g/mol. The minimum atomic E-state index is -3.91. The Morgan fingerprint density at radius 1 is 1.35 bits per heavy atom. The summed E-state index contributed by atoms with van der Waals surface area (Å²) in [7, 11) is -3.91. The van der Waals surface area contributed by atoms with E-state index in [4.69, 9.17) is 5.11 Å². The van der Waals surface area contributed by atoms with Gasteiger partial charge in [-0.15, -0.1) is 13.2 Å². The molecule has 17 heavy (non-hydrogen) atoms. The molecular weight excluding hydrogens is 242 g/mol. The van der Waals surface area contributed by atoms with Crippen molar-refractivity contribution < 1.29 is 23.4 Å². The molecule has 0 atom stereocenters. The van der Waals surface area contributed by atoms with Gasteiger partial charge in [-0.3, -0.25) is 0 Å². The van der Waals surface area contributed by atoms with Gasteiger partial charge in [0.15, 0.2) is 0 Å². The molecule has 0 aliphatic rings. The summed E-state index contributed by atoms with van der Waals surface area (Å²) in [6, 6.07) is 0.511. The standard InChI is InChI=1S/C9H17NO.C2H6O3S/c1-3-5-9(6-4-2)10-7-8-11;1-2-6(3,4)5/h3-4,9-11H,1-2,5-8H2;2H2,1H3,(H,3,4,5). The van der Waals surface area contributed by atoms with Gasteiger partial charge in [0.2, 0.25) is 0 Å². The molecule has 0 saturated heterocycles. The van der Waals surface area contributed by atoms with E-state index >= 15 is 0 Å². The van der Waals surface area contributed by atoms with Crippen molar-refractivity contribution in [3.63, 3.8) is 0 Å². The highest BCUT2D eigenvalue weighted by Gasteiger charge is 2.05. The lowest BCUT2D eigenvalue weighted by Gasteiger charge is -2.09. The van der Waals surface area contributed by atoms with Crippen LogP contribution in [0.1, 0.15) is 19.8 Å². The van der Waals surface area contributed by atoms with Crippen LogP contribution in [0.5, 0.6) is 0 Å². The zero-order valence-electron chi connectivity index (χ0n) is 10.3. The van der Waals surface area contributed by atoms with Gasteiger partial charge >= 0.3 is 0 Å². The van der Waals surface area contributed by atoms with Gasteiger partial charge < -0.3 is 15.0 Å². The Morgan fingerprint density at radius 2 is 1.76 bits per heavy atom. The maximum Gasteiger partial charge on any atom is 0.0992 e. The quantitative estimate of drug-likeness (QED) is 0.462. The van der Waals surface area contributed by atoms with Crippen molar-refractivity contribution in [2.45, 2.75) is 25.8 Å². The summed E-state index contributed by atoms with van der Waals surface area (Å²) in [6.45, 7) is 9.67. The first-order valence-electron chi connectivity index (χ1n) is 5.50. The lowest BCUT2D eigenvalue weighted by atomic mass is 10.1.